The van der Waals surface area contributed by atoms with E-state index in [1.807, 2.05) is 36.4 Å². The van der Waals surface area contributed by atoms with Crippen molar-refractivity contribution in [1.29, 1.82) is 0 Å². The highest BCUT2D eigenvalue weighted by atomic mass is 16.3. The van der Waals surface area contributed by atoms with Crippen LogP contribution in [0.2, 0.25) is 0 Å². The molecule has 0 aliphatic carbocycles. The molecule has 0 atom stereocenters. The molecule has 0 saturated heterocycles. The Balaban J connectivity index is 0.000000148. The van der Waals surface area contributed by atoms with Crippen LogP contribution in [0.4, 0.5) is 34.1 Å². The molecular weight excluding hydrogens is 1510 g/mol. The fraction of sp³-hybridized carbons (Fsp3) is 0. The fourth-order valence-corrected chi connectivity index (χ4v) is 18.1. The summed E-state index contributed by atoms with van der Waals surface area (Å²) in [6.45, 7) is 7.77. The van der Waals surface area contributed by atoms with Crippen LogP contribution < -0.4 is 9.80 Å². The first-order valence-electron chi connectivity index (χ1n) is 42.1. The molecule has 0 aliphatic rings. The maximum atomic E-state index is 6.43. The summed E-state index contributed by atoms with van der Waals surface area (Å²) in [6, 6.07) is 161. The molecule has 4 aromatic heterocycles. The number of rotatable bonds is 17. The van der Waals surface area contributed by atoms with E-state index in [1.165, 1.54) is 88.1 Å². The highest BCUT2D eigenvalue weighted by molar-refractivity contribution is 6.13. The summed E-state index contributed by atoms with van der Waals surface area (Å²) in [5.41, 5.74) is 35.5. The van der Waals surface area contributed by atoms with Crippen molar-refractivity contribution in [2.24, 2.45) is 0 Å². The monoisotopic (exact) mass is 1580 g/mol. The zero-order valence-corrected chi connectivity index (χ0v) is 67.9. The quantitative estimate of drug-likeness (QED) is 0.0911. The van der Waals surface area contributed by atoms with Crippen molar-refractivity contribution in [2.45, 2.75) is 0 Å². The Hall–Kier alpha value is -16.5. The van der Waals surface area contributed by atoms with Crippen molar-refractivity contribution in [3.8, 4) is 89.3 Å². The summed E-state index contributed by atoms with van der Waals surface area (Å²) in [7, 11) is 0. The molecule has 19 aromatic carbocycles. The van der Waals surface area contributed by atoms with Gasteiger partial charge in [-0.2, -0.15) is 0 Å². The summed E-state index contributed by atoms with van der Waals surface area (Å²) in [5, 5.41) is 9.56. The number of nitrogens with zero attached hydrogens (tertiary/aromatic N) is 4. The molecule has 0 N–H and O–H groups in total. The molecule has 4 heterocycles. The van der Waals surface area contributed by atoms with E-state index in [4.69, 9.17) is 8.83 Å². The van der Waals surface area contributed by atoms with Crippen LogP contribution in [0.15, 0.2) is 471 Å². The minimum Gasteiger partial charge on any atom is -0.455 e. The average molecular weight is 1590 g/mol. The first-order valence-corrected chi connectivity index (χ1v) is 42.1. The minimum absolute atomic E-state index is 0.901. The molecule has 0 radical (unpaired) electrons. The van der Waals surface area contributed by atoms with Crippen molar-refractivity contribution in [3.63, 3.8) is 0 Å². The van der Waals surface area contributed by atoms with Gasteiger partial charge in [-0.05, 0) is 211 Å². The minimum atomic E-state index is 0.901. The van der Waals surface area contributed by atoms with E-state index >= 15 is 0 Å². The molecule has 6 nitrogen and oxygen atoms in total. The van der Waals surface area contributed by atoms with Gasteiger partial charge in [-0.3, -0.25) is 0 Å². The average Bonchev–Trinajstić information content (AvgIpc) is 1.61. The summed E-state index contributed by atoms with van der Waals surface area (Å²) < 4.78 is 17.6. The molecule has 0 unspecified atom stereocenters. The van der Waals surface area contributed by atoms with Crippen molar-refractivity contribution < 1.29 is 8.83 Å². The Labute approximate surface area is 719 Å². The second-order valence-corrected chi connectivity index (χ2v) is 31.6. The summed E-state index contributed by atoms with van der Waals surface area (Å²) >= 11 is 0. The molecule has 23 aromatic rings. The first-order chi connectivity index (χ1) is 61.4. The molecule has 0 amide bonds. The molecule has 0 spiro atoms. The summed E-state index contributed by atoms with van der Waals surface area (Å²) in [6.07, 6.45) is 3.75. The zero-order chi connectivity index (χ0) is 82.6. The number of hydrogen-bond donors (Lipinski definition) is 0. The molecule has 584 valence electrons. The van der Waals surface area contributed by atoms with Gasteiger partial charge in [0.25, 0.3) is 0 Å². The van der Waals surface area contributed by atoms with Gasteiger partial charge in [-0.1, -0.05) is 341 Å². The van der Waals surface area contributed by atoms with Crippen molar-refractivity contribution in [3.05, 3.63) is 473 Å². The molecule has 0 aliphatic heterocycles. The summed E-state index contributed by atoms with van der Waals surface area (Å²) in [4.78, 5) is 4.67. The molecule has 124 heavy (non-hydrogen) atoms. The molecule has 0 bridgehead atoms. The Morgan fingerprint density at radius 2 is 0.395 bits per heavy atom. The van der Waals surface area contributed by atoms with Gasteiger partial charge < -0.3 is 27.8 Å². The van der Waals surface area contributed by atoms with Gasteiger partial charge in [0.2, 0.25) is 0 Å². The Kier molecular flexibility index (Phi) is 18.8. The highest BCUT2D eigenvalue weighted by Crippen LogP contribution is 2.45. The number of benzene rings is 19. The van der Waals surface area contributed by atoms with Gasteiger partial charge in [0.05, 0.1) is 22.1 Å². The number of furan rings is 2. The SMILES string of the molecule is C=Cc1ccc(-c2ccc(-c3ccc(N(c4ccc(-c5ccc(-n6c7ccccc7c7ccccc76)cc5)cc4)c4ccc(-c5cccc6c5oc5ccccc56)cc4)cc3)cc2)cc1.C=Cc1ccc(-c2ccc(-c3ccc(N(c4ccc(-c5cccc6c5oc5ccccc56)cc4)c4ccc(-n5c6ccccc6c6ccccc65)cc4)cc3)cc2)cc1. The zero-order valence-electron chi connectivity index (χ0n) is 67.9. The van der Waals surface area contributed by atoms with Gasteiger partial charge >= 0.3 is 0 Å². The third-order valence-corrected chi connectivity index (χ3v) is 24.4. The van der Waals surface area contributed by atoms with Gasteiger partial charge in [0.15, 0.2) is 0 Å². The highest BCUT2D eigenvalue weighted by Gasteiger charge is 2.22. The lowest BCUT2D eigenvalue weighted by Gasteiger charge is -2.26. The lowest BCUT2D eigenvalue weighted by Crippen LogP contribution is -2.10. The topological polar surface area (TPSA) is 42.6 Å². The Morgan fingerprint density at radius 3 is 0.677 bits per heavy atom. The number of para-hydroxylation sites is 8. The predicted molar refractivity (Wildman–Crippen MR) is 524 cm³/mol. The van der Waals surface area contributed by atoms with Gasteiger partial charge in [0.1, 0.15) is 22.3 Å². The van der Waals surface area contributed by atoms with Crippen LogP contribution >= 0.6 is 0 Å². The van der Waals surface area contributed by atoms with Crippen LogP contribution in [0, 0.1) is 0 Å². The predicted octanol–water partition coefficient (Wildman–Crippen LogP) is 33.3. The third-order valence-electron chi connectivity index (χ3n) is 24.4. The third kappa shape index (κ3) is 13.5. The van der Waals surface area contributed by atoms with Gasteiger partial charge in [0, 0.05) is 99.7 Å². The van der Waals surface area contributed by atoms with E-state index in [0.29, 0.717) is 0 Å². The Morgan fingerprint density at radius 1 is 0.185 bits per heavy atom. The maximum Gasteiger partial charge on any atom is 0.143 e. The van der Waals surface area contributed by atoms with Crippen LogP contribution in [0.5, 0.6) is 0 Å². The normalized spacial score (nSPS) is 11.5. The number of aromatic nitrogens is 2. The van der Waals surface area contributed by atoms with E-state index < -0.39 is 0 Å². The summed E-state index contributed by atoms with van der Waals surface area (Å²) in [5.74, 6) is 0. The van der Waals surface area contributed by atoms with Gasteiger partial charge in [-0.15, -0.1) is 0 Å². The van der Waals surface area contributed by atoms with E-state index in [9.17, 15) is 0 Å². The van der Waals surface area contributed by atoms with E-state index in [2.05, 4.69) is 457 Å². The molecule has 0 saturated carbocycles. The van der Waals surface area contributed by atoms with Crippen LogP contribution in [-0.4, -0.2) is 9.13 Å². The van der Waals surface area contributed by atoms with Crippen LogP contribution in [0.25, 0.3) is 189 Å². The molecule has 23 rings (SSSR count). The first kappa shape index (κ1) is 73.8. The molecular formula is C118H80N4O2. The second-order valence-electron chi connectivity index (χ2n) is 31.6. The fourth-order valence-electron chi connectivity index (χ4n) is 18.1. The largest absolute Gasteiger partial charge is 0.455 e. The van der Waals surface area contributed by atoms with Crippen molar-refractivity contribution in [2.75, 3.05) is 9.80 Å². The van der Waals surface area contributed by atoms with Crippen LogP contribution in [-0.2, 0) is 0 Å². The smallest absolute Gasteiger partial charge is 0.143 e. The molecule has 6 heteroatoms. The number of hydrogen-bond acceptors (Lipinski definition) is 4. The van der Waals surface area contributed by atoms with Crippen LogP contribution in [0.3, 0.4) is 0 Å². The van der Waals surface area contributed by atoms with E-state index in [0.717, 1.165) is 134 Å². The number of fused-ring (bicyclic) bond motifs is 12. The van der Waals surface area contributed by atoms with E-state index in [-0.39, 0.29) is 0 Å². The number of anilines is 6. The van der Waals surface area contributed by atoms with Gasteiger partial charge in [-0.25, -0.2) is 0 Å². The van der Waals surface area contributed by atoms with E-state index in [1.54, 1.807) is 0 Å². The second kappa shape index (κ2) is 31.6. The Bertz CT molecular complexity index is 7810. The van der Waals surface area contributed by atoms with Crippen molar-refractivity contribution in [1.82, 2.24) is 9.13 Å². The van der Waals surface area contributed by atoms with Crippen LogP contribution in [0.1, 0.15) is 11.1 Å². The lowest BCUT2D eigenvalue weighted by molar-refractivity contribution is 0.669. The lowest BCUT2D eigenvalue weighted by atomic mass is 9.99. The molecule has 0 fully saturated rings. The maximum absolute atomic E-state index is 6.43. The van der Waals surface area contributed by atoms with Crippen molar-refractivity contribution >= 4 is 134 Å². The standard InChI is InChI=1S/C62H42N2O.C56H38N2O/c1-2-42-18-20-43(21-19-42)44-22-24-45(25-23-44)46-26-34-50(35-27-46)63(52-40-32-49(33-41-52)54-13-9-14-58-57-12-5-8-17-61(57)65-62(54)58)51-36-28-47(29-37-51)48-30-38-53(39-31-48)64-59-15-6-3-10-55(59)56-11-4-7-16-60(56)64;1-2-38-18-20-39(21-19-38)40-22-24-41(25-23-40)42-26-30-44(31-27-42)57(45-32-28-43(29-33-45)48-13-9-14-52-51-12-5-8-17-55(51)59-56(48)52)46-34-36-47(37-35-46)58-53-15-6-3-10-49(53)50-11-4-7-16-54(50)58/h2-41H,1H2;2-37H,1H2.